The first-order valence-corrected chi connectivity index (χ1v) is 7.04. The predicted octanol–water partition coefficient (Wildman–Crippen LogP) is 3.90. The number of rotatable bonds is 0. The molecule has 0 aromatic carbocycles. The zero-order valence-corrected chi connectivity index (χ0v) is 10.9. The van der Waals surface area contributed by atoms with Crippen LogP contribution in [0.2, 0.25) is 0 Å². The van der Waals surface area contributed by atoms with Gasteiger partial charge in [-0.15, -0.1) is 0 Å². The SMILES string of the molecule is C[C@H]1C=CC2=CC(=O)C[C@]2(C)[C@@H]2CCCC[C@H]21. The lowest BCUT2D eigenvalue weighted by atomic mass is 9.60. The lowest BCUT2D eigenvalue weighted by Gasteiger charge is -2.43. The molecule has 0 aromatic heterocycles. The second kappa shape index (κ2) is 3.83. The van der Waals surface area contributed by atoms with Crippen LogP contribution in [0, 0.1) is 23.2 Å². The normalized spacial score (nSPS) is 44.9. The number of carbonyl (C=O) groups excluding carboxylic acids is 1. The van der Waals surface area contributed by atoms with Gasteiger partial charge in [-0.25, -0.2) is 0 Å². The lowest BCUT2D eigenvalue weighted by Crippen LogP contribution is -2.36. The average Bonchev–Trinajstić information content (AvgIpc) is 2.57. The number of fused-ring (bicyclic) bond motifs is 3. The summed E-state index contributed by atoms with van der Waals surface area (Å²) in [5.41, 5.74) is 1.45. The van der Waals surface area contributed by atoms with Gasteiger partial charge in [0, 0.05) is 11.8 Å². The molecule has 1 nitrogen and oxygen atoms in total. The van der Waals surface area contributed by atoms with E-state index in [9.17, 15) is 4.79 Å². The maximum atomic E-state index is 11.8. The van der Waals surface area contributed by atoms with Crippen molar-refractivity contribution in [3.05, 3.63) is 23.8 Å². The molecule has 1 heteroatoms. The van der Waals surface area contributed by atoms with Crippen molar-refractivity contribution < 1.29 is 4.79 Å². The van der Waals surface area contributed by atoms with E-state index in [1.165, 1.54) is 31.3 Å². The summed E-state index contributed by atoms with van der Waals surface area (Å²) in [5, 5.41) is 0. The molecule has 3 aliphatic rings. The summed E-state index contributed by atoms with van der Waals surface area (Å²) in [4.78, 5) is 11.8. The molecule has 3 aliphatic carbocycles. The number of hydrogen-bond acceptors (Lipinski definition) is 1. The number of allylic oxidation sites excluding steroid dienone is 4. The van der Waals surface area contributed by atoms with E-state index in [-0.39, 0.29) is 5.41 Å². The Morgan fingerprint density at radius 1 is 1.29 bits per heavy atom. The van der Waals surface area contributed by atoms with Crippen LogP contribution in [0.1, 0.15) is 46.0 Å². The minimum Gasteiger partial charge on any atom is -0.295 e. The van der Waals surface area contributed by atoms with Gasteiger partial charge in [-0.05, 0) is 42.2 Å². The molecule has 0 saturated heterocycles. The first-order valence-electron chi connectivity index (χ1n) is 7.04. The monoisotopic (exact) mass is 230 g/mol. The molecular formula is C16H22O. The molecule has 0 aromatic rings. The smallest absolute Gasteiger partial charge is 0.156 e. The van der Waals surface area contributed by atoms with Crippen LogP contribution >= 0.6 is 0 Å². The fraction of sp³-hybridized carbons (Fsp3) is 0.688. The first-order chi connectivity index (χ1) is 8.11. The van der Waals surface area contributed by atoms with Crippen molar-refractivity contribution in [3.63, 3.8) is 0 Å². The molecule has 4 atom stereocenters. The Morgan fingerprint density at radius 3 is 2.88 bits per heavy atom. The molecule has 0 spiro atoms. The van der Waals surface area contributed by atoms with Gasteiger partial charge in [0.15, 0.2) is 5.78 Å². The van der Waals surface area contributed by atoms with E-state index in [4.69, 9.17) is 0 Å². The Labute approximate surface area is 104 Å². The highest BCUT2D eigenvalue weighted by molar-refractivity contribution is 5.95. The molecule has 0 heterocycles. The van der Waals surface area contributed by atoms with E-state index in [1.54, 1.807) is 0 Å². The summed E-state index contributed by atoms with van der Waals surface area (Å²) >= 11 is 0. The van der Waals surface area contributed by atoms with E-state index in [0.717, 1.165) is 18.3 Å². The van der Waals surface area contributed by atoms with Gasteiger partial charge in [-0.3, -0.25) is 4.79 Å². The van der Waals surface area contributed by atoms with Crippen LogP contribution in [-0.4, -0.2) is 5.78 Å². The Balaban J connectivity index is 2.04. The number of carbonyl (C=O) groups is 1. The highest BCUT2D eigenvalue weighted by atomic mass is 16.1. The zero-order valence-electron chi connectivity index (χ0n) is 10.9. The third kappa shape index (κ3) is 1.63. The summed E-state index contributed by atoms with van der Waals surface area (Å²) in [7, 11) is 0. The fourth-order valence-electron chi connectivity index (χ4n) is 4.42. The van der Waals surface area contributed by atoms with Gasteiger partial charge in [-0.2, -0.15) is 0 Å². The summed E-state index contributed by atoms with van der Waals surface area (Å²) in [6, 6.07) is 0. The zero-order chi connectivity index (χ0) is 12.0. The third-order valence-corrected chi connectivity index (χ3v) is 5.41. The second-order valence-corrected chi connectivity index (χ2v) is 6.43. The minimum absolute atomic E-state index is 0.142. The van der Waals surface area contributed by atoms with Crippen LogP contribution in [0.25, 0.3) is 0 Å². The molecule has 0 aliphatic heterocycles. The molecule has 0 bridgehead atoms. The molecule has 92 valence electrons. The second-order valence-electron chi connectivity index (χ2n) is 6.43. The van der Waals surface area contributed by atoms with E-state index in [1.807, 2.05) is 6.08 Å². The van der Waals surface area contributed by atoms with Gasteiger partial charge >= 0.3 is 0 Å². The van der Waals surface area contributed by atoms with Crippen LogP contribution < -0.4 is 0 Å². The first kappa shape index (κ1) is 11.3. The van der Waals surface area contributed by atoms with Gasteiger partial charge in [0.2, 0.25) is 0 Å². The standard InChI is InChI=1S/C16H22O/c1-11-7-8-12-9-13(17)10-16(12,2)15-6-4-3-5-14(11)15/h7-9,11,14-15H,3-6,10H2,1-2H3/t11-,14-,15+,16-/m0/s1. The van der Waals surface area contributed by atoms with Gasteiger partial charge in [0.1, 0.15) is 0 Å². The van der Waals surface area contributed by atoms with Crippen molar-refractivity contribution >= 4 is 5.78 Å². The summed E-state index contributed by atoms with van der Waals surface area (Å²) in [6.07, 6.45) is 12.6. The molecule has 0 amide bonds. The van der Waals surface area contributed by atoms with Crippen LogP contribution in [-0.2, 0) is 4.79 Å². The fourth-order valence-corrected chi connectivity index (χ4v) is 4.42. The van der Waals surface area contributed by atoms with Gasteiger partial charge in [0.05, 0.1) is 0 Å². The lowest BCUT2D eigenvalue weighted by molar-refractivity contribution is -0.116. The van der Waals surface area contributed by atoms with Crippen LogP contribution in [0.4, 0.5) is 0 Å². The summed E-state index contributed by atoms with van der Waals surface area (Å²) in [6.45, 7) is 4.68. The molecular weight excluding hydrogens is 208 g/mol. The number of ketones is 1. The van der Waals surface area contributed by atoms with Crippen molar-refractivity contribution in [1.29, 1.82) is 0 Å². The Kier molecular flexibility index (Phi) is 2.53. The molecule has 0 N–H and O–H groups in total. The maximum Gasteiger partial charge on any atom is 0.156 e. The van der Waals surface area contributed by atoms with Crippen LogP contribution in [0.15, 0.2) is 23.8 Å². The molecule has 1 fully saturated rings. The van der Waals surface area contributed by atoms with Crippen LogP contribution in [0.3, 0.4) is 0 Å². The minimum atomic E-state index is 0.142. The molecule has 0 radical (unpaired) electrons. The average molecular weight is 230 g/mol. The van der Waals surface area contributed by atoms with E-state index >= 15 is 0 Å². The van der Waals surface area contributed by atoms with Crippen molar-refractivity contribution in [2.45, 2.75) is 46.0 Å². The van der Waals surface area contributed by atoms with Crippen molar-refractivity contribution in [3.8, 4) is 0 Å². The third-order valence-electron chi connectivity index (χ3n) is 5.41. The van der Waals surface area contributed by atoms with Crippen LogP contribution in [0.5, 0.6) is 0 Å². The van der Waals surface area contributed by atoms with Crippen molar-refractivity contribution in [1.82, 2.24) is 0 Å². The van der Waals surface area contributed by atoms with Gasteiger partial charge in [0.25, 0.3) is 0 Å². The summed E-state index contributed by atoms with van der Waals surface area (Å²) < 4.78 is 0. The van der Waals surface area contributed by atoms with E-state index < -0.39 is 0 Å². The quantitative estimate of drug-likeness (QED) is 0.616. The number of hydrogen-bond donors (Lipinski definition) is 0. The highest BCUT2D eigenvalue weighted by Gasteiger charge is 2.48. The molecule has 3 rings (SSSR count). The van der Waals surface area contributed by atoms with E-state index in [0.29, 0.717) is 11.7 Å². The van der Waals surface area contributed by atoms with Gasteiger partial charge < -0.3 is 0 Å². The predicted molar refractivity (Wildman–Crippen MR) is 69.6 cm³/mol. The Bertz CT molecular complexity index is 404. The largest absolute Gasteiger partial charge is 0.295 e. The highest BCUT2D eigenvalue weighted by Crippen LogP contribution is 2.55. The Hall–Kier alpha value is -0.850. The molecule has 1 saturated carbocycles. The molecule has 0 unspecified atom stereocenters. The van der Waals surface area contributed by atoms with Gasteiger partial charge in [-0.1, -0.05) is 38.8 Å². The topological polar surface area (TPSA) is 17.1 Å². The Morgan fingerprint density at radius 2 is 2.06 bits per heavy atom. The van der Waals surface area contributed by atoms with Crippen molar-refractivity contribution in [2.24, 2.45) is 23.2 Å². The summed E-state index contributed by atoms with van der Waals surface area (Å²) in [5.74, 6) is 2.53. The van der Waals surface area contributed by atoms with E-state index in [2.05, 4.69) is 26.0 Å². The molecule has 17 heavy (non-hydrogen) atoms. The maximum absolute atomic E-state index is 11.8. The van der Waals surface area contributed by atoms with Crippen molar-refractivity contribution in [2.75, 3.05) is 0 Å².